The molecule has 1 aromatic heterocycles. The molecule has 3 heterocycles. The summed E-state index contributed by atoms with van der Waals surface area (Å²) in [7, 11) is 0. The van der Waals surface area contributed by atoms with Crippen LogP contribution in [0, 0.1) is 11.3 Å². The SMILES string of the molecule is N#Cc1ccc(-n2c(O)c3n(c2=O)[C@H]2C[C@@H]3CN(c3ccc(Cl)cc3)C2)cc1C(F)(F)F. The number of nitriles is 1. The molecular weight excluding hydrogens is 445 g/mol. The summed E-state index contributed by atoms with van der Waals surface area (Å²) < 4.78 is 42.6. The van der Waals surface area contributed by atoms with Crippen molar-refractivity contribution in [2.24, 2.45) is 0 Å². The third kappa shape index (κ3) is 3.06. The number of alkyl halides is 3. The van der Waals surface area contributed by atoms with Crippen LogP contribution in [0.5, 0.6) is 5.88 Å². The lowest BCUT2D eigenvalue weighted by Gasteiger charge is -2.33. The van der Waals surface area contributed by atoms with Crippen molar-refractivity contribution >= 4 is 17.3 Å². The van der Waals surface area contributed by atoms with E-state index in [1.54, 1.807) is 12.1 Å². The van der Waals surface area contributed by atoms with Crippen molar-refractivity contribution in [3.8, 4) is 17.6 Å². The Hall–Kier alpha value is -3.38. The number of anilines is 1. The molecule has 10 heteroatoms. The van der Waals surface area contributed by atoms with E-state index in [9.17, 15) is 23.1 Å². The van der Waals surface area contributed by atoms with Crippen molar-refractivity contribution in [3.05, 3.63) is 74.8 Å². The fraction of sp³-hybridized carbons (Fsp3) is 0.273. The highest BCUT2D eigenvalue weighted by Gasteiger charge is 2.43. The van der Waals surface area contributed by atoms with E-state index >= 15 is 0 Å². The monoisotopic (exact) mass is 460 g/mol. The molecule has 1 fully saturated rings. The molecule has 0 amide bonds. The molecule has 2 aliphatic rings. The van der Waals surface area contributed by atoms with Crippen LogP contribution in [0.1, 0.15) is 35.2 Å². The third-order valence-electron chi connectivity index (χ3n) is 6.16. The van der Waals surface area contributed by atoms with Crippen molar-refractivity contribution in [1.29, 1.82) is 5.26 Å². The second-order valence-electron chi connectivity index (χ2n) is 8.00. The highest BCUT2D eigenvalue weighted by molar-refractivity contribution is 6.30. The van der Waals surface area contributed by atoms with E-state index in [1.807, 2.05) is 12.1 Å². The number of hydrogen-bond donors (Lipinski definition) is 1. The maximum absolute atomic E-state index is 13.4. The van der Waals surface area contributed by atoms with Crippen molar-refractivity contribution in [2.75, 3.05) is 18.0 Å². The average molecular weight is 461 g/mol. The second-order valence-corrected chi connectivity index (χ2v) is 8.44. The summed E-state index contributed by atoms with van der Waals surface area (Å²) in [6.45, 7) is 1.08. The summed E-state index contributed by atoms with van der Waals surface area (Å²) in [6, 6.07) is 11.6. The summed E-state index contributed by atoms with van der Waals surface area (Å²) in [6.07, 6.45) is -4.09. The van der Waals surface area contributed by atoms with Crippen LogP contribution < -0.4 is 10.6 Å². The molecule has 2 aliphatic heterocycles. The van der Waals surface area contributed by atoms with Gasteiger partial charge in [0.15, 0.2) is 0 Å². The maximum atomic E-state index is 13.4. The zero-order valence-electron chi connectivity index (χ0n) is 16.5. The topological polar surface area (TPSA) is 74.2 Å². The quantitative estimate of drug-likeness (QED) is 0.613. The fourth-order valence-corrected chi connectivity index (χ4v) is 4.94. The first-order chi connectivity index (χ1) is 15.2. The molecule has 32 heavy (non-hydrogen) atoms. The van der Waals surface area contributed by atoms with Crippen LogP contribution in [0.25, 0.3) is 5.69 Å². The first-order valence-electron chi connectivity index (χ1n) is 9.87. The number of nitrogens with zero attached hydrogens (tertiary/aromatic N) is 4. The predicted octanol–water partition coefficient (Wildman–Crippen LogP) is 4.44. The van der Waals surface area contributed by atoms with Gasteiger partial charge in [-0.3, -0.25) is 4.57 Å². The molecule has 2 bridgehead atoms. The Morgan fingerprint density at radius 1 is 1.09 bits per heavy atom. The Labute approximate surface area is 185 Å². The van der Waals surface area contributed by atoms with Crippen LogP contribution in [0.4, 0.5) is 18.9 Å². The minimum Gasteiger partial charge on any atom is -0.493 e. The molecule has 2 aromatic carbocycles. The van der Waals surface area contributed by atoms with E-state index in [0.29, 0.717) is 30.2 Å². The molecule has 3 aromatic rings. The fourth-order valence-electron chi connectivity index (χ4n) is 4.81. The maximum Gasteiger partial charge on any atom is 0.417 e. The van der Waals surface area contributed by atoms with Gasteiger partial charge in [0.25, 0.3) is 0 Å². The van der Waals surface area contributed by atoms with Crippen LogP contribution in [0.15, 0.2) is 47.3 Å². The minimum absolute atomic E-state index is 0.131. The van der Waals surface area contributed by atoms with Crippen LogP contribution in [-0.4, -0.2) is 27.3 Å². The van der Waals surface area contributed by atoms with Gasteiger partial charge in [-0.2, -0.15) is 18.4 Å². The van der Waals surface area contributed by atoms with E-state index in [4.69, 9.17) is 16.9 Å². The van der Waals surface area contributed by atoms with Crippen molar-refractivity contribution in [1.82, 2.24) is 9.13 Å². The van der Waals surface area contributed by atoms with Crippen LogP contribution in [-0.2, 0) is 6.18 Å². The number of imidazole rings is 1. The second kappa shape index (κ2) is 7.07. The zero-order valence-corrected chi connectivity index (χ0v) is 17.2. The first-order valence-corrected chi connectivity index (χ1v) is 10.2. The van der Waals surface area contributed by atoms with E-state index in [-0.39, 0.29) is 23.5 Å². The van der Waals surface area contributed by atoms with Crippen molar-refractivity contribution < 1.29 is 18.3 Å². The molecule has 0 unspecified atom stereocenters. The van der Waals surface area contributed by atoms with Gasteiger partial charge in [0.05, 0.1) is 34.6 Å². The number of fused-ring (bicyclic) bond motifs is 5. The van der Waals surface area contributed by atoms with E-state index in [2.05, 4.69) is 4.90 Å². The summed E-state index contributed by atoms with van der Waals surface area (Å²) in [5.74, 6) is -0.517. The molecule has 1 saturated heterocycles. The Morgan fingerprint density at radius 3 is 2.44 bits per heavy atom. The minimum atomic E-state index is -4.77. The van der Waals surface area contributed by atoms with E-state index < -0.39 is 23.0 Å². The summed E-state index contributed by atoms with van der Waals surface area (Å²) in [5, 5.41) is 20.5. The number of aromatic nitrogens is 2. The molecule has 2 atom stereocenters. The van der Waals surface area contributed by atoms with Crippen LogP contribution in [0.2, 0.25) is 5.02 Å². The number of rotatable bonds is 2. The summed E-state index contributed by atoms with van der Waals surface area (Å²) in [5.41, 5.74) is -1.06. The molecule has 0 aliphatic carbocycles. The smallest absolute Gasteiger partial charge is 0.417 e. The number of benzene rings is 2. The Kier molecular flexibility index (Phi) is 4.53. The molecule has 0 spiro atoms. The summed E-state index contributed by atoms with van der Waals surface area (Å²) >= 11 is 5.96. The van der Waals surface area contributed by atoms with Gasteiger partial charge in [0.1, 0.15) is 0 Å². The summed E-state index contributed by atoms with van der Waals surface area (Å²) in [4.78, 5) is 15.3. The Bertz CT molecular complexity index is 1320. The molecule has 6 nitrogen and oxygen atoms in total. The number of piperidine rings is 1. The normalized spacial score (nSPS) is 19.7. The van der Waals surface area contributed by atoms with Crippen LogP contribution in [0.3, 0.4) is 0 Å². The number of halogens is 4. The lowest BCUT2D eigenvalue weighted by atomic mass is 9.96. The van der Waals surface area contributed by atoms with Crippen LogP contribution >= 0.6 is 11.6 Å². The van der Waals surface area contributed by atoms with Gasteiger partial charge >= 0.3 is 11.9 Å². The van der Waals surface area contributed by atoms with E-state index in [0.717, 1.165) is 22.4 Å². The zero-order chi connectivity index (χ0) is 22.8. The lowest BCUT2D eigenvalue weighted by molar-refractivity contribution is -0.137. The predicted molar refractivity (Wildman–Crippen MR) is 111 cm³/mol. The van der Waals surface area contributed by atoms with Gasteiger partial charge in [-0.1, -0.05) is 11.6 Å². The highest BCUT2D eigenvalue weighted by Crippen LogP contribution is 2.45. The van der Waals surface area contributed by atoms with Gasteiger partial charge < -0.3 is 10.0 Å². The first kappa shape index (κ1) is 20.5. The standard InChI is InChI=1S/C22H16ClF3N4O2/c23-14-2-5-15(6-3-14)28-10-13-7-17(11-28)29-19(13)20(31)30(21(29)32)16-4-1-12(9-27)18(8-16)22(24,25)26/h1-6,8,13,17,31H,7,10-11H2/t13-,17+/m1/s1. The van der Waals surface area contributed by atoms with Gasteiger partial charge in [-0.25, -0.2) is 9.36 Å². The lowest BCUT2D eigenvalue weighted by Crippen LogP contribution is -2.38. The van der Waals surface area contributed by atoms with Gasteiger partial charge in [0, 0.05) is 29.7 Å². The highest BCUT2D eigenvalue weighted by atomic mass is 35.5. The van der Waals surface area contributed by atoms with Gasteiger partial charge in [-0.15, -0.1) is 0 Å². The Balaban J connectivity index is 1.56. The van der Waals surface area contributed by atoms with Crippen molar-refractivity contribution in [2.45, 2.75) is 24.6 Å². The average Bonchev–Trinajstić information content (AvgIpc) is 3.18. The molecule has 1 N–H and O–H groups in total. The van der Waals surface area contributed by atoms with Gasteiger partial charge in [-0.05, 0) is 48.9 Å². The van der Waals surface area contributed by atoms with E-state index in [1.165, 1.54) is 16.7 Å². The van der Waals surface area contributed by atoms with Gasteiger partial charge in [0.2, 0.25) is 5.88 Å². The molecule has 164 valence electrons. The molecular formula is C22H16ClF3N4O2. The number of aromatic hydroxyl groups is 1. The largest absolute Gasteiger partial charge is 0.493 e. The van der Waals surface area contributed by atoms with Crippen molar-refractivity contribution in [3.63, 3.8) is 0 Å². The Morgan fingerprint density at radius 2 is 1.78 bits per heavy atom. The molecule has 0 radical (unpaired) electrons. The molecule has 5 rings (SSSR count). The molecule has 0 saturated carbocycles. The third-order valence-corrected chi connectivity index (χ3v) is 6.41. The number of hydrogen-bond acceptors (Lipinski definition) is 4.